The van der Waals surface area contributed by atoms with Gasteiger partial charge in [-0.2, -0.15) is 5.10 Å². The molecule has 4 aromatic rings. The summed E-state index contributed by atoms with van der Waals surface area (Å²) in [6.45, 7) is 6.25. The van der Waals surface area contributed by atoms with Crippen molar-refractivity contribution >= 4 is 50.2 Å². The molecule has 12 heteroatoms. The number of benzene rings is 1. The maximum Gasteiger partial charge on any atom is 0.248 e. The van der Waals surface area contributed by atoms with Gasteiger partial charge < -0.3 is 15.0 Å². The SMILES string of the molecule is CC(=O)c1nn(CC(=O)N2[C@H](C(=O)Nc3cccc(Br)n3)C[C@@]3(C)C[C@@H]23)c2c3c(c(-c4cnc(C)nc4)cc12)COCC3. The summed E-state index contributed by atoms with van der Waals surface area (Å²) in [6.07, 6.45) is 5.59. The number of rotatable bonds is 6. The van der Waals surface area contributed by atoms with E-state index in [-0.39, 0.29) is 35.6 Å². The van der Waals surface area contributed by atoms with Crippen LogP contribution in [0.25, 0.3) is 22.0 Å². The number of fused-ring (bicyclic) bond motifs is 4. The Labute approximate surface area is 256 Å². The van der Waals surface area contributed by atoms with E-state index in [4.69, 9.17) is 9.84 Å². The van der Waals surface area contributed by atoms with Crippen molar-refractivity contribution in [3.63, 3.8) is 0 Å². The highest BCUT2D eigenvalue weighted by atomic mass is 79.9. The molecule has 1 N–H and O–H groups in total. The van der Waals surface area contributed by atoms with E-state index in [2.05, 4.69) is 43.1 Å². The highest BCUT2D eigenvalue weighted by Crippen LogP contribution is 2.59. The number of aromatic nitrogens is 5. The summed E-state index contributed by atoms with van der Waals surface area (Å²) < 4.78 is 8.11. The first kappa shape index (κ1) is 27.8. The lowest BCUT2D eigenvalue weighted by Gasteiger charge is -2.27. The number of hydrogen-bond donors (Lipinski definition) is 1. The van der Waals surface area contributed by atoms with Crippen molar-refractivity contribution < 1.29 is 19.1 Å². The lowest BCUT2D eigenvalue weighted by Crippen LogP contribution is -2.46. The Balaban J connectivity index is 1.26. The number of ketones is 1. The van der Waals surface area contributed by atoms with Gasteiger partial charge in [-0.25, -0.2) is 15.0 Å². The van der Waals surface area contributed by atoms with E-state index < -0.39 is 6.04 Å². The average Bonchev–Trinajstić information content (AvgIpc) is 3.34. The normalized spacial score (nSPS) is 22.3. The monoisotopic (exact) mass is 643 g/mol. The van der Waals surface area contributed by atoms with E-state index in [1.54, 1.807) is 40.2 Å². The number of amides is 2. The van der Waals surface area contributed by atoms with Crippen LogP contribution < -0.4 is 5.32 Å². The number of Topliss-reactive ketones (excluding diaryl/α,β-unsaturated/α-hetero) is 1. The molecule has 2 amide bonds. The number of carbonyl (C=O) groups excluding carboxylic acids is 3. The molecule has 2 aliphatic heterocycles. The summed E-state index contributed by atoms with van der Waals surface area (Å²) in [6, 6.07) is 6.59. The molecule has 3 aliphatic rings. The fourth-order valence-corrected chi connectivity index (χ4v) is 7.02. The molecule has 1 saturated carbocycles. The molecule has 7 rings (SSSR count). The largest absolute Gasteiger partial charge is 0.376 e. The lowest BCUT2D eigenvalue weighted by molar-refractivity contribution is -0.138. The molecule has 5 heterocycles. The first-order valence-corrected chi connectivity index (χ1v) is 15.1. The number of aryl methyl sites for hydroxylation is 1. The summed E-state index contributed by atoms with van der Waals surface area (Å²) in [4.78, 5) is 55.1. The number of anilines is 1. The van der Waals surface area contributed by atoms with Crippen LogP contribution in [0.1, 0.15) is 54.1 Å². The fraction of sp³-hybridized carbons (Fsp3) is 0.387. The second-order valence-corrected chi connectivity index (χ2v) is 12.7. The minimum absolute atomic E-state index is 0.0178. The van der Waals surface area contributed by atoms with E-state index in [0.717, 1.165) is 34.2 Å². The molecule has 11 nitrogen and oxygen atoms in total. The van der Waals surface area contributed by atoms with Crippen LogP contribution in [0.2, 0.25) is 0 Å². The molecule has 43 heavy (non-hydrogen) atoms. The van der Waals surface area contributed by atoms with Gasteiger partial charge >= 0.3 is 0 Å². The minimum Gasteiger partial charge on any atom is -0.376 e. The second-order valence-electron chi connectivity index (χ2n) is 11.9. The van der Waals surface area contributed by atoms with Gasteiger partial charge in [0.2, 0.25) is 11.8 Å². The minimum atomic E-state index is -0.624. The molecule has 1 aliphatic carbocycles. The number of nitrogens with zero attached hydrogens (tertiary/aromatic N) is 6. The number of hydrogen-bond acceptors (Lipinski definition) is 8. The van der Waals surface area contributed by atoms with Crippen LogP contribution in [-0.2, 0) is 33.9 Å². The van der Waals surface area contributed by atoms with Gasteiger partial charge in [0, 0.05) is 36.3 Å². The number of piperidine rings is 1. The van der Waals surface area contributed by atoms with Crippen LogP contribution in [0, 0.1) is 12.3 Å². The van der Waals surface area contributed by atoms with E-state index in [1.165, 1.54) is 6.92 Å². The summed E-state index contributed by atoms with van der Waals surface area (Å²) in [5.41, 5.74) is 4.66. The maximum atomic E-state index is 14.1. The van der Waals surface area contributed by atoms with Gasteiger partial charge in [0.05, 0.1) is 18.7 Å². The van der Waals surface area contributed by atoms with E-state index in [0.29, 0.717) is 53.4 Å². The highest BCUT2D eigenvalue weighted by molar-refractivity contribution is 9.10. The molecule has 0 spiro atoms. The van der Waals surface area contributed by atoms with Gasteiger partial charge in [-0.15, -0.1) is 0 Å². The Morgan fingerprint density at radius 2 is 1.95 bits per heavy atom. The van der Waals surface area contributed by atoms with Crippen molar-refractivity contribution in [3.05, 3.63) is 63.9 Å². The van der Waals surface area contributed by atoms with Crippen molar-refractivity contribution in [1.82, 2.24) is 29.6 Å². The van der Waals surface area contributed by atoms with Crippen LogP contribution in [0.5, 0.6) is 0 Å². The molecule has 1 saturated heterocycles. The van der Waals surface area contributed by atoms with Crippen molar-refractivity contribution in [1.29, 1.82) is 0 Å². The van der Waals surface area contributed by atoms with E-state index in [9.17, 15) is 14.4 Å². The van der Waals surface area contributed by atoms with Gasteiger partial charge in [0.15, 0.2) is 5.78 Å². The Morgan fingerprint density at radius 1 is 1.16 bits per heavy atom. The van der Waals surface area contributed by atoms with E-state index in [1.807, 2.05) is 13.0 Å². The quantitative estimate of drug-likeness (QED) is 0.244. The summed E-state index contributed by atoms with van der Waals surface area (Å²) in [5, 5.41) is 8.26. The highest BCUT2D eigenvalue weighted by Gasteiger charge is 2.64. The predicted octanol–water partition coefficient (Wildman–Crippen LogP) is 4.25. The third kappa shape index (κ3) is 4.82. The van der Waals surface area contributed by atoms with Gasteiger partial charge in [-0.3, -0.25) is 19.1 Å². The first-order valence-electron chi connectivity index (χ1n) is 14.3. The topological polar surface area (TPSA) is 132 Å². The van der Waals surface area contributed by atoms with Crippen LogP contribution >= 0.6 is 15.9 Å². The summed E-state index contributed by atoms with van der Waals surface area (Å²) >= 11 is 3.34. The fourth-order valence-electron chi connectivity index (χ4n) is 6.67. The lowest BCUT2D eigenvalue weighted by atomic mass is 9.91. The molecule has 2 fully saturated rings. The second kappa shape index (κ2) is 10.3. The van der Waals surface area contributed by atoms with Gasteiger partial charge in [0.25, 0.3) is 0 Å². The van der Waals surface area contributed by atoms with Crippen molar-refractivity contribution in [2.75, 3.05) is 11.9 Å². The molecular weight excluding hydrogens is 614 g/mol. The maximum absolute atomic E-state index is 14.1. The molecule has 3 atom stereocenters. The third-order valence-electron chi connectivity index (χ3n) is 8.90. The summed E-state index contributed by atoms with van der Waals surface area (Å²) in [7, 11) is 0. The van der Waals surface area contributed by atoms with Crippen LogP contribution in [-0.4, -0.2) is 65.9 Å². The predicted molar refractivity (Wildman–Crippen MR) is 161 cm³/mol. The molecule has 0 unspecified atom stereocenters. The van der Waals surface area contributed by atoms with Crippen molar-refractivity contribution in [2.24, 2.45) is 5.41 Å². The third-order valence-corrected chi connectivity index (χ3v) is 9.34. The average molecular weight is 645 g/mol. The van der Waals surface area contributed by atoms with Crippen molar-refractivity contribution in [3.8, 4) is 11.1 Å². The number of carbonyl (C=O) groups is 3. The summed E-state index contributed by atoms with van der Waals surface area (Å²) in [5.74, 6) is 0.431. The Kier molecular flexibility index (Phi) is 6.66. The molecule has 1 aromatic carbocycles. The number of nitrogens with one attached hydrogen (secondary N) is 1. The molecule has 220 valence electrons. The standard InChI is InChI=1S/C31H30BrN7O4/c1-16(40)28-21-9-20(18-12-33-17(2)34-13-18)22-15-43-8-7-19(22)29(21)38(37-28)14-27(41)39-23(10-31(3)11-24(31)39)30(42)36-26-6-4-5-25(32)35-26/h4-6,9,12-13,23-24H,7-8,10-11,14-15H2,1-3H3,(H,35,36,42)/t23-,24+,31-/m0/s1. The Hall–Kier alpha value is -4.03. The number of likely N-dealkylation sites (tertiary alicyclic amines) is 1. The number of ether oxygens (including phenoxy) is 1. The zero-order chi connectivity index (χ0) is 30.0. The van der Waals surface area contributed by atoms with Gasteiger partial charge in [0.1, 0.15) is 34.5 Å². The first-order chi connectivity index (χ1) is 20.6. The number of halogens is 1. The van der Waals surface area contributed by atoms with Crippen LogP contribution in [0.15, 0.2) is 41.3 Å². The molecule has 0 bridgehead atoms. The van der Waals surface area contributed by atoms with Crippen molar-refractivity contribution in [2.45, 2.75) is 65.3 Å². The molecular formula is C31H30BrN7O4. The van der Waals surface area contributed by atoms with Crippen LogP contribution in [0.4, 0.5) is 5.82 Å². The van der Waals surface area contributed by atoms with Gasteiger partial charge in [-0.05, 0) is 82.4 Å². The zero-order valence-electron chi connectivity index (χ0n) is 24.1. The molecule has 3 aromatic heterocycles. The smallest absolute Gasteiger partial charge is 0.248 e. The van der Waals surface area contributed by atoms with Gasteiger partial charge in [-0.1, -0.05) is 13.0 Å². The zero-order valence-corrected chi connectivity index (χ0v) is 25.6. The number of pyridine rings is 1. The van der Waals surface area contributed by atoms with Crippen LogP contribution in [0.3, 0.4) is 0 Å². The molecule has 0 radical (unpaired) electrons. The Morgan fingerprint density at radius 3 is 2.70 bits per heavy atom. The Bertz CT molecular complexity index is 1820. The van der Waals surface area contributed by atoms with E-state index >= 15 is 0 Å².